The van der Waals surface area contributed by atoms with Gasteiger partial charge in [-0.3, -0.25) is 0 Å². The third kappa shape index (κ3) is 2.14. The Morgan fingerprint density at radius 1 is 1.47 bits per heavy atom. The summed E-state index contributed by atoms with van der Waals surface area (Å²) in [6.07, 6.45) is 7.03. The zero-order valence-electron chi connectivity index (χ0n) is 10.4. The first-order valence-corrected chi connectivity index (χ1v) is 6.63. The third-order valence-corrected chi connectivity index (χ3v) is 4.19. The summed E-state index contributed by atoms with van der Waals surface area (Å²) >= 11 is 0. The second-order valence-corrected chi connectivity index (χ2v) is 5.53. The molecule has 3 rings (SSSR count). The molecule has 2 atom stereocenters. The highest BCUT2D eigenvalue weighted by Gasteiger charge is 2.50. The molecule has 1 aromatic heterocycles. The van der Waals surface area contributed by atoms with E-state index in [0.717, 1.165) is 37.7 Å². The summed E-state index contributed by atoms with van der Waals surface area (Å²) in [5.41, 5.74) is 0.244. The van der Waals surface area contributed by atoms with E-state index in [2.05, 4.69) is 11.4 Å². The van der Waals surface area contributed by atoms with Crippen molar-refractivity contribution in [3.63, 3.8) is 0 Å². The van der Waals surface area contributed by atoms with Crippen molar-refractivity contribution < 1.29 is 9.15 Å². The predicted molar refractivity (Wildman–Crippen MR) is 65.9 cm³/mol. The maximum absolute atomic E-state index is 6.01. The predicted octanol–water partition coefficient (Wildman–Crippen LogP) is 2.23. The van der Waals surface area contributed by atoms with Crippen molar-refractivity contribution in [1.29, 1.82) is 0 Å². The van der Waals surface area contributed by atoms with Crippen molar-refractivity contribution in [3.8, 4) is 0 Å². The third-order valence-electron chi connectivity index (χ3n) is 4.19. The molecule has 1 aliphatic carbocycles. The minimum absolute atomic E-state index is 0.244. The summed E-state index contributed by atoms with van der Waals surface area (Å²) < 4.78 is 11.5. The van der Waals surface area contributed by atoms with Gasteiger partial charge in [0.15, 0.2) is 0 Å². The smallest absolute Gasteiger partial charge is 0.104 e. The summed E-state index contributed by atoms with van der Waals surface area (Å²) in [6, 6.07) is 4.06. The van der Waals surface area contributed by atoms with Crippen LogP contribution in [0.4, 0.5) is 0 Å². The van der Waals surface area contributed by atoms with Gasteiger partial charge in [-0.25, -0.2) is 0 Å². The van der Waals surface area contributed by atoms with E-state index < -0.39 is 0 Å². The molecule has 2 aliphatic rings. The van der Waals surface area contributed by atoms with E-state index in [4.69, 9.17) is 9.15 Å². The van der Waals surface area contributed by atoms with Gasteiger partial charge in [0.2, 0.25) is 0 Å². The molecule has 17 heavy (non-hydrogen) atoms. The van der Waals surface area contributed by atoms with Crippen molar-refractivity contribution in [1.82, 2.24) is 5.32 Å². The molecule has 3 nitrogen and oxygen atoms in total. The molecule has 1 saturated heterocycles. The van der Waals surface area contributed by atoms with Crippen LogP contribution in [0.25, 0.3) is 0 Å². The molecule has 0 bridgehead atoms. The fourth-order valence-electron chi connectivity index (χ4n) is 3.30. The Bertz CT molecular complexity index is 358. The second-order valence-electron chi connectivity index (χ2n) is 5.53. The number of nitrogens with one attached hydrogen (secondary N) is 1. The van der Waals surface area contributed by atoms with Gasteiger partial charge in [-0.15, -0.1) is 0 Å². The molecule has 1 aliphatic heterocycles. The van der Waals surface area contributed by atoms with Crippen LogP contribution in [-0.2, 0) is 11.2 Å². The first-order valence-electron chi connectivity index (χ1n) is 6.63. The van der Waals surface area contributed by atoms with Gasteiger partial charge in [0.25, 0.3) is 0 Å². The SMILES string of the molecule is CNCC1(Cc2ccco2)CCOC1C1CC1. The summed E-state index contributed by atoms with van der Waals surface area (Å²) in [5, 5.41) is 3.35. The van der Waals surface area contributed by atoms with E-state index in [-0.39, 0.29) is 5.41 Å². The van der Waals surface area contributed by atoms with E-state index in [1.807, 2.05) is 13.1 Å². The molecule has 0 aromatic carbocycles. The van der Waals surface area contributed by atoms with Crippen LogP contribution in [-0.4, -0.2) is 26.3 Å². The molecule has 2 fully saturated rings. The summed E-state index contributed by atoms with van der Waals surface area (Å²) in [6.45, 7) is 1.93. The van der Waals surface area contributed by atoms with Gasteiger partial charge >= 0.3 is 0 Å². The molecule has 1 N–H and O–H groups in total. The number of furan rings is 1. The van der Waals surface area contributed by atoms with Crippen molar-refractivity contribution in [2.45, 2.75) is 31.8 Å². The van der Waals surface area contributed by atoms with Gasteiger partial charge in [0.05, 0.1) is 12.4 Å². The number of ether oxygens (including phenoxy) is 1. The minimum atomic E-state index is 0.244. The Morgan fingerprint density at radius 2 is 2.35 bits per heavy atom. The summed E-state index contributed by atoms with van der Waals surface area (Å²) in [4.78, 5) is 0. The second kappa shape index (κ2) is 4.46. The first kappa shape index (κ1) is 11.3. The van der Waals surface area contributed by atoms with Crippen LogP contribution in [0.2, 0.25) is 0 Å². The Labute approximate surface area is 103 Å². The molecule has 2 unspecified atom stereocenters. The zero-order valence-corrected chi connectivity index (χ0v) is 10.4. The molecular formula is C14H21NO2. The number of hydrogen-bond acceptors (Lipinski definition) is 3. The average Bonchev–Trinajstić information content (AvgIpc) is 2.88. The number of rotatable bonds is 5. The monoisotopic (exact) mass is 235 g/mol. The zero-order chi connectivity index (χ0) is 11.7. The Morgan fingerprint density at radius 3 is 3.00 bits per heavy atom. The number of hydrogen-bond donors (Lipinski definition) is 1. The van der Waals surface area contributed by atoms with E-state index in [1.165, 1.54) is 12.8 Å². The van der Waals surface area contributed by atoms with Crippen molar-refractivity contribution in [2.24, 2.45) is 11.3 Å². The summed E-state index contributed by atoms with van der Waals surface area (Å²) in [7, 11) is 2.03. The Balaban J connectivity index is 1.80. The highest BCUT2D eigenvalue weighted by molar-refractivity contribution is 5.09. The van der Waals surface area contributed by atoms with E-state index in [1.54, 1.807) is 6.26 Å². The van der Waals surface area contributed by atoms with Crippen LogP contribution < -0.4 is 5.32 Å². The van der Waals surface area contributed by atoms with Crippen molar-refractivity contribution >= 4 is 0 Å². The van der Waals surface area contributed by atoms with Crippen LogP contribution >= 0.6 is 0 Å². The molecule has 94 valence electrons. The Kier molecular flexibility index (Phi) is 2.97. The minimum Gasteiger partial charge on any atom is -0.469 e. The van der Waals surface area contributed by atoms with E-state index in [0.29, 0.717) is 6.10 Å². The van der Waals surface area contributed by atoms with Gasteiger partial charge < -0.3 is 14.5 Å². The standard InChI is InChI=1S/C14H21NO2/c1-15-10-14(9-12-3-2-7-16-12)6-8-17-13(14)11-4-5-11/h2-3,7,11,13,15H,4-6,8-10H2,1H3. The Hall–Kier alpha value is -0.800. The average molecular weight is 235 g/mol. The molecule has 1 saturated carbocycles. The maximum atomic E-state index is 6.01. The van der Waals surface area contributed by atoms with Crippen LogP contribution in [0.15, 0.2) is 22.8 Å². The normalized spacial score (nSPS) is 33.1. The van der Waals surface area contributed by atoms with Crippen LogP contribution in [0, 0.1) is 11.3 Å². The van der Waals surface area contributed by atoms with Crippen LogP contribution in [0.1, 0.15) is 25.0 Å². The van der Waals surface area contributed by atoms with Crippen LogP contribution in [0.3, 0.4) is 0 Å². The lowest BCUT2D eigenvalue weighted by molar-refractivity contribution is 0.0292. The lowest BCUT2D eigenvalue weighted by Crippen LogP contribution is -2.42. The molecule has 3 heteroatoms. The molecular weight excluding hydrogens is 214 g/mol. The fourth-order valence-corrected chi connectivity index (χ4v) is 3.30. The van der Waals surface area contributed by atoms with Crippen molar-refractivity contribution in [2.75, 3.05) is 20.2 Å². The fraction of sp³-hybridized carbons (Fsp3) is 0.714. The lowest BCUT2D eigenvalue weighted by atomic mass is 9.75. The molecule has 0 radical (unpaired) electrons. The summed E-state index contributed by atoms with van der Waals surface area (Å²) in [5.74, 6) is 1.89. The highest BCUT2D eigenvalue weighted by atomic mass is 16.5. The van der Waals surface area contributed by atoms with Gasteiger partial charge in [0.1, 0.15) is 5.76 Å². The highest BCUT2D eigenvalue weighted by Crippen LogP contribution is 2.49. The van der Waals surface area contributed by atoms with E-state index in [9.17, 15) is 0 Å². The van der Waals surface area contributed by atoms with Gasteiger partial charge in [-0.2, -0.15) is 0 Å². The molecule has 1 aromatic rings. The quantitative estimate of drug-likeness (QED) is 0.850. The largest absolute Gasteiger partial charge is 0.469 e. The maximum Gasteiger partial charge on any atom is 0.104 e. The van der Waals surface area contributed by atoms with Gasteiger partial charge in [0, 0.05) is 25.0 Å². The lowest BCUT2D eigenvalue weighted by Gasteiger charge is -2.33. The molecule has 0 amide bonds. The molecule has 0 spiro atoms. The van der Waals surface area contributed by atoms with Gasteiger partial charge in [-0.05, 0) is 44.4 Å². The van der Waals surface area contributed by atoms with Crippen LogP contribution in [0.5, 0.6) is 0 Å². The topological polar surface area (TPSA) is 34.4 Å². The molecule has 2 heterocycles. The van der Waals surface area contributed by atoms with E-state index >= 15 is 0 Å². The first-order chi connectivity index (χ1) is 8.34. The van der Waals surface area contributed by atoms with Crippen molar-refractivity contribution in [3.05, 3.63) is 24.2 Å². The van der Waals surface area contributed by atoms with Gasteiger partial charge in [-0.1, -0.05) is 0 Å².